The summed E-state index contributed by atoms with van der Waals surface area (Å²) in [4.78, 5) is 0. The zero-order valence-electron chi connectivity index (χ0n) is 9.60. The van der Waals surface area contributed by atoms with E-state index in [1.807, 2.05) is 48.3 Å². The fourth-order valence-corrected chi connectivity index (χ4v) is 1.87. The fourth-order valence-electron chi connectivity index (χ4n) is 1.74. The molecule has 4 nitrogen and oxygen atoms in total. The molecule has 2 rings (SSSR count). The molecule has 1 unspecified atom stereocenters. The van der Waals surface area contributed by atoms with Crippen LogP contribution in [0.25, 0.3) is 0 Å². The van der Waals surface area contributed by atoms with Crippen LogP contribution in [-0.4, -0.2) is 9.78 Å². The quantitative estimate of drug-likeness (QED) is 0.646. The smallest absolute Gasteiger partial charge is 0.0740 e. The Morgan fingerprint density at radius 2 is 2.06 bits per heavy atom. The lowest BCUT2D eigenvalue weighted by molar-refractivity contribution is 0.630. The molecule has 1 atom stereocenters. The maximum absolute atomic E-state index is 5.86. The highest BCUT2D eigenvalue weighted by atomic mass is 35.5. The molecular weight excluding hydrogens is 236 g/mol. The average molecular weight is 251 g/mol. The van der Waals surface area contributed by atoms with E-state index in [9.17, 15) is 0 Å². The zero-order valence-corrected chi connectivity index (χ0v) is 10.4. The largest absolute Gasteiger partial charge is 0.273 e. The first kappa shape index (κ1) is 12.1. The molecule has 1 aromatic heterocycles. The summed E-state index contributed by atoms with van der Waals surface area (Å²) in [6.07, 6.45) is 3.81. The summed E-state index contributed by atoms with van der Waals surface area (Å²) in [5.41, 5.74) is 4.90. The number of nitrogens with zero attached hydrogens (tertiary/aromatic N) is 2. The molecule has 0 aliphatic carbocycles. The van der Waals surface area contributed by atoms with Gasteiger partial charge in [-0.25, -0.2) is 5.43 Å². The minimum Gasteiger partial charge on any atom is -0.273 e. The SMILES string of the molecule is CCn1cc(C(NN)c2ccc(Cl)cc2)cn1. The molecule has 5 heteroatoms. The van der Waals surface area contributed by atoms with Crippen molar-refractivity contribution < 1.29 is 0 Å². The first-order valence-electron chi connectivity index (χ1n) is 5.48. The van der Waals surface area contributed by atoms with Gasteiger partial charge in [-0.2, -0.15) is 5.10 Å². The molecule has 0 spiro atoms. The van der Waals surface area contributed by atoms with Gasteiger partial charge in [0, 0.05) is 23.3 Å². The Hall–Kier alpha value is -1.36. The van der Waals surface area contributed by atoms with Crippen molar-refractivity contribution in [1.82, 2.24) is 15.2 Å². The monoisotopic (exact) mass is 250 g/mol. The predicted octanol–water partition coefficient (Wildman–Crippen LogP) is 2.11. The molecule has 1 heterocycles. The van der Waals surface area contributed by atoms with E-state index < -0.39 is 0 Å². The molecular formula is C12H15ClN4. The molecule has 0 aliphatic heterocycles. The van der Waals surface area contributed by atoms with E-state index in [0.29, 0.717) is 5.02 Å². The van der Waals surface area contributed by atoms with Gasteiger partial charge in [0.1, 0.15) is 0 Å². The van der Waals surface area contributed by atoms with Crippen molar-refractivity contribution in [3.63, 3.8) is 0 Å². The molecule has 0 saturated carbocycles. The number of benzene rings is 1. The van der Waals surface area contributed by atoms with Gasteiger partial charge in [0.15, 0.2) is 0 Å². The van der Waals surface area contributed by atoms with Crippen LogP contribution >= 0.6 is 11.6 Å². The normalized spacial score (nSPS) is 12.6. The van der Waals surface area contributed by atoms with Crippen molar-refractivity contribution >= 4 is 11.6 Å². The van der Waals surface area contributed by atoms with Crippen molar-refractivity contribution in [2.24, 2.45) is 5.84 Å². The van der Waals surface area contributed by atoms with Crippen LogP contribution in [0.1, 0.15) is 24.1 Å². The van der Waals surface area contributed by atoms with Crippen molar-refractivity contribution in [2.45, 2.75) is 19.5 Å². The van der Waals surface area contributed by atoms with Crippen LogP contribution in [-0.2, 0) is 6.54 Å². The Kier molecular flexibility index (Phi) is 3.78. The lowest BCUT2D eigenvalue weighted by Crippen LogP contribution is -2.28. The molecule has 0 amide bonds. The summed E-state index contributed by atoms with van der Waals surface area (Å²) in [5.74, 6) is 5.61. The maximum atomic E-state index is 5.86. The van der Waals surface area contributed by atoms with Gasteiger partial charge >= 0.3 is 0 Å². The van der Waals surface area contributed by atoms with Gasteiger partial charge in [-0.05, 0) is 24.6 Å². The molecule has 0 aliphatic rings. The molecule has 0 saturated heterocycles. The molecule has 90 valence electrons. The predicted molar refractivity (Wildman–Crippen MR) is 68.5 cm³/mol. The minimum atomic E-state index is -0.0624. The number of aryl methyl sites for hydroxylation is 1. The van der Waals surface area contributed by atoms with Gasteiger partial charge in [-0.15, -0.1) is 0 Å². The second-order valence-electron chi connectivity index (χ2n) is 3.78. The highest BCUT2D eigenvalue weighted by Gasteiger charge is 2.13. The van der Waals surface area contributed by atoms with Crippen molar-refractivity contribution in [2.75, 3.05) is 0 Å². The number of halogens is 1. The molecule has 0 fully saturated rings. The van der Waals surface area contributed by atoms with E-state index in [1.165, 1.54) is 0 Å². The van der Waals surface area contributed by atoms with Crippen LogP contribution < -0.4 is 11.3 Å². The van der Waals surface area contributed by atoms with Crippen LogP contribution in [0.15, 0.2) is 36.7 Å². The Balaban J connectivity index is 2.29. The summed E-state index contributed by atoms with van der Waals surface area (Å²) in [5, 5.41) is 4.96. The summed E-state index contributed by atoms with van der Waals surface area (Å²) in [7, 11) is 0. The van der Waals surface area contributed by atoms with Gasteiger partial charge in [0.05, 0.1) is 12.2 Å². The summed E-state index contributed by atoms with van der Waals surface area (Å²) in [6, 6.07) is 7.55. The molecule has 17 heavy (non-hydrogen) atoms. The lowest BCUT2D eigenvalue weighted by atomic mass is 10.0. The average Bonchev–Trinajstić information content (AvgIpc) is 2.81. The highest BCUT2D eigenvalue weighted by Crippen LogP contribution is 2.22. The topological polar surface area (TPSA) is 55.9 Å². The number of rotatable bonds is 4. The number of hydrogen-bond donors (Lipinski definition) is 2. The van der Waals surface area contributed by atoms with E-state index >= 15 is 0 Å². The van der Waals surface area contributed by atoms with Gasteiger partial charge in [-0.3, -0.25) is 10.5 Å². The number of nitrogens with two attached hydrogens (primary N) is 1. The van der Waals surface area contributed by atoms with Crippen LogP contribution in [0, 0.1) is 0 Å². The van der Waals surface area contributed by atoms with Crippen molar-refractivity contribution in [3.05, 3.63) is 52.8 Å². The van der Waals surface area contributed by atoms with Crippen molar-refractivity contribution in [3.8, 4) is 0 Å². The number of nitrogens with one attached hydrogen (secondary N) is 1. The third-order valence-corrected chi connectivity index (χ3v) is 2.93. The van der Waals surface area contributed by atoms with E-state index in [-0.39, 0.29) is 6.04 Å². The standard InChI is InChI=1S/C12H15ClN4/c1-2-17-8-10(7-15-17)12(16-14)9-3-5-11(13)6-4-9/h3-8,12,16H,2,14H2,1H3. The maximum Gasteiger partial charge on any atom is 0.0740 e. The fraction of sp³-hybridized carbons (Fsp3) is 0.250. The molecule has 0 bridgehead atoms. The van der Waals surface area contributed by atoms with Crippen LogP contribution in [0.2, 0.25) is 5.02 Å². The van der Waals surface area contributed by atoms with Crippen LogP contribution in [0.3, 0.4) is 0 Å². The highest BCUT2D eigenvalue weighted by molar-refractivity contribution is 6.30. The number of aromatic nitrogens is 2. The number of hydrazine groups is 1. The zero-order chi connectivity index (χ0) is 12.3. The number of hydrogen-bond acceptors (Lipinski definition) is 3. The van der Waals surface area contributed by atoms with E-state index in [0.717, 1.165) is 17.7 Å². The first-order chi connectivity index (χ1) is 8.24. The third-order valence-electron chi connectivity index (χ3n) is 2.68. The molecule has 1 aromatic carbocycles. The Morgan fingerprint density at radius 3 is 2.59 bits per heavy atom. The Morgan fingerprint density at radius 1 is 1.35 bits per heavy atom. The van der Waals surface area contributed by atoms with Gasteiger partial charge in [0.2, 0.25) is 0 Å². The van der Waals surface area contributed by atoms with Crippen LogP contribution in [0.4, 0.5) is 0 Å². The third kappa shape index (κ3) is 2.66. The summed E-state index contributed by atoms with van der Waals surface area (Å²) in [6.45, 7) is 2.89. The summed E-state index contributed by atoms with van der Waals surface area (Å²) >= 11 is 5.86. The second-order valence-corrected chi connectivity index (χ2v) is 4.22. The molecule has 0 radical (unpaired) electrons. The van der Waals surface area contributed by atoms with Crippen molar-refractivity contribution in [1.29, 1.82) is 0 Å². The molecule has 3 N–H and O–H groups in total. The van der Waals surface area contributed by atoms with Gasteiger partial charge in [-0.1, -0.05) is 23.7 Å². The van der Waals surface area contributed by atoms with Gasteiger partial charge < -0.3 is 0 Å². The van der Waals surface area contributed by atoms with Crippen LogP contribution in [0.5, 0.6) is 0 Å². The lowest BCUT2D eigenvalue weighted by Gasteiger charge is -2.14. The first-order valence-corrected chi connectivity index (χ1v) is 5.86. The molecule has 2 aromatic rings. The van der Waals surface area contributed by atoms with E-state index in [1.54, 1.807) is 0 Å². The van der Waals surface area contributed by atoms with Gasteiger partial charge in [0.25, 0.3) is 0 Å². The van der Waals surface area contributed by atoms with E-state index in [4.69, 9.17) is 17.4 Å². The van der Waals surface area contributed by atoms with E-state index in [2.05, 4.69) is 10.5 Å². The Labute approximate surface area is 105 Å². The second kappa shape index (κ2) is 5.31. The minimum absolute atomic E-state index is 0.0624. The Bertz CT molecular complexity index is 478. The summed E-state index contributed by atoms with van der Waals surface area (Å²) < 4.78 is 1.87.